The molecule has 2 nitrogen and oxygen atoms in total. The van der Waals surface area contributed by atoms with Crippen LogP contribution in [0.1, 0.15) is 49.8 Å². The molecular weight excluding hydrogens is 208 g/mol. The first-order chi connectivity index (χ1) is 8.29. The Labute approximate surface area is 105 Å². The van der Waals surface area contributed by atoms with E-state index in [1.807, 2.05) is 0 Å². The molecule has 0 saturated carbocycles. The molecule has 94 valence electrons. The van der Waals surface area contributed by atoms with E-state index in [9.17, 15) is 0 Å². The fourth-order valence-electron chi connectivity index (χ4n) is 2.36. The van der Waals surface area contributed by atoms with Gasteiger partial charge >= 0.3 is 0 Å². The zero-order valence-corrected chi connectivity index (χ0v) is 11.1. The predicted octanol–water partition coefficient (Wildman–Crippen LogP) is 2.96. The van der Waals surface area contributed by atoms with E-state index in [4.69, 9.17) is 0 Å². The minimum atomic E-state index is 0.626. The maximum atomic E-state index is 3.60. The molecule has 1 unspecified atom stereocenters. The third-order valence-corrected chi connectivity index (χ3v) is 3.55. The normalized spacial score (nSPS) is 15.9. The van der Waals surface area contributed by atoms with Crippen molar-refractivity contribution in [1.82, 2.24) is 10.6 Å². The Balaban J connectivity index is 1.83. The molecule has 1 aromatic carbocycles. The van der Waals surface area contributed by atoms with E-state index in [1.54, 1.807) is 0 Å². The van der Waals surface area contributed by atoms with Gasteiger partial charge in [-0.05, 0) is 30.0 Å². The molecule has 2 N–H and O–H groups in total. The highest BCUT2D eigenvalue weighted by Crippen LogP contribution is 2.17. The van der Waals surface area contributed by atoms with Crippen LogP contribution in [0.15, 0.2) is 18.2 Å². The predicted molar refractivity (Wildman–Crippen MR) is 72.8 cm³/mol. The Kier molecular flexibility index (Phi) is 4.57. The molecule has 0 radical (unpaired) electrons. The minimum Gasteiger partial charge on any atom is -0.310 e. The van der Waals surface area contributed by atoms with Gasteiger partial charge < -0.3 is 10.6 Å². The second-order valence-corrected chi connectivity index (χ2v) is 5.13. The van der Waals surface area contributed by atoms with Crippen LogP contribution in [-0.2, 0) is 19.6 Å². The van der Waals surface area contributed by atoms with E-state index in [-0.39, 0.29) is 0 Å². The molecule has 2 heteroatoms. The van der Waals surface area contributed by atoms with Crippen molar-refractivity contribution < 1.29 is 0 Å². The average molecular weight is 232 g/mol. The van der Waals surface area contributed by atoms with Crippen LogP contribution >= 0.6 is 0 Å². The van der Waals surface area contributed by atoms with Gasteiger partial charge in [-0.2, -0.15) is 0 Å². The zero-order valence-electron chi connectivity index (χ0n) is 11.1. The number of hydrogen-bond acceptors (Lipinski definition) is 2. The van der Waals surface area contributed by atoms with E-state index < -0.39 is 0 Å². The highest BCUT2D eigenvalue weighted by molar-refractivity contribution is 5.34. The van der Waals surface area contributed by atoms with Gasteiger partial charge in [-0.15, -0.1) is 0 Å². The van der Waals surface area contributed by atoms with E-state index in [0.29, 0.717) is 6.04 Å². The monoisotopic (exact) mass is 232 g/mol. The smallest absolute Gasteiger partial charge is 0.0212 e. The van der Waals surface area contributed by atoms with Crippen molar-refractivity contribution in [3.63, 3.8) is 0 Å². The lowest BCUT2D eigenvalue weighted by Crippen LogP contribution is -2.25. The molecule has 0 aromatic heterocycles. The Hall–Kier alpha value is -0.860. The van der Waals surface area contributed by atoms with Crippen LogP contribution in [0.4, 0.5) is 0 Å². The van der Waals surface area contributed by atoms with Crippen LogP contribution in [0.25, 0.3) is 0 Å². The van der Waals surface area contributed by atoms with Gasteiger partial charge in [0.05, 0.1) is 0 Å². The molecule has 1 aliphatic heterocycles. The number of fused-ring (bicyclic) bond motifs is 1. The van der Waals surface area contributed by atoms with Crippen LogP contribution in [0.5, 0.6) is 0 Å². The molecule has 1 atom stereocenters. The standard InChI is InChI=1S/C15H24N2/c1-3-4-5-12(2)17-9-13-6-7-14-10-16-11-15(14)8-13/h6-8,12,16-17H,3-5,9-11H2,1-2H3. The van der Waals surface area contributed by atoms with Crippen molar-refractivity contribution in [3.8, 4) is 0 Å². The largest absolute Gasteiger partial charge is 0.310 e. The van der Waals surface area contributed by atoms with Crippen LogP contribution < -0.4 is 10.6 Å². The summed E-state index contributed by atoms with van der Waals surface area (Å²) in [6, 6.07) is 7.49. The van der Waals surface area contributed by atoms with Crippen molar-refractivity contribution >= 4 is 0 Å². The molecule has 1 heterocycles. The number of nitrogens with one attached hydrogen (secondary N) is 2. The lowest BCUT2D eigenvalue weighted by molar-refractivity contribution is 0.495. The lowest BCUT2D eigenvalue weighted by Gasteiger charge is -2.13. The number of unbranched alkanes of at least 4 members (excludes halogenated alkanes) is 1. The van der Waals surface area contributed by atoms with Gasteiger partial charge in [-0.1, -0.05) is 38.0 Å². The molecule has 1 aromatic rings. The highest BCUT2D eigenvalue weighted by Gasteiger charge is 2.10. The number of benzene rings is 1. The van der Waals surface area contributed by atoms with Crippen LogP contribution in [0.3, 0.4) is 0 Å². The summed E-state index contributed by atoms with van der Waals surface area (Å²) < 4.78 is 0. The average Bonchev–Trinajstić information content (AvgIpc) is 2.81. The van der Waals surface area contributed by atoms with Crippen molar-refractivity contribution in [2.45, 2.75) is 58.8 Å². The molecule has 1 aliphatic rings. The minimum absolute atomic E-state index is 0.626. The summed E-state index contributed by atoms with van der Waals surface area (Å²) in [5, 5.41) is 6.99. The molecule has 0 aliphatic carbocycles. The van der Waals surface area contributed by atoms with E-state index in [0.717, 1.165) is 19.6 Å². The summed E-state index contributed by atoms with van der Waals surface area (Å²) in [5.74, 6) is 0. The summed E-state index contributed by atoms with van der Waals surface area (Å²) in [5.41, 5.74) is 4.36. The van der Waals surface area contributed by atoms with Crippen molar-refractivity contribution in [1.29, 1.82) is 0 Å². The highest BCUT2D eigenvalue weighted by atomic mass is 14.9. The fraction of sp³-hybridized carbons (Fsp3) is 0.600. The second-order valence-electron chi connectivity index (χ2n) is 5.13. The van der Waals surface area contributed by atoms with E-state index >= 15 is 0 Å². The first kappa shape index (κ1) is 12.6. The SMILES string of the molecule is CCCCC(C)NCc1ccc2c(c1)CNC2. The first-order valence-corrected chi connectivity index (χ1v) is 6.84. The maximum Gasteiger partial charge on any atom is 0.0212 e. The summed E-state index contributed by atoms with van der Waals surface area (Å²) in [6.07, 6.45) is 3.89. The Bertz CT molecular complexity index is 360. The summed E-state index contributed by atoms with van der Waals surface area (Å²) in [4.78, 5) is 0. The van der Waals surface area contributed by atoms with Crippen LogP contribution in [0, 0.1) is 0 Å². The first-order valence-electron chi connectivity index (χ1n) is 6.84. The molecule has 0 amide bonds. The molecule has 2 rings (SSSR count). The van der Waals surface area contributed by atoms with Gasteiger partial charge in [0.15, 0.2) is 0 Å². The lowest BCUT2D eigenvalue weighted by atomic mass is 10.1. The van der Waals surface area contributed by atoms with Crippen LogP contribution in [-0.4, -0.2) is 6.04 Å². The molecule has 0 spiro atoms. The molecular formula is C15H24N2. The molecule has 0 fully saturated rings. The quantitative estimate of drug-likeness (QED) is 0.788. The second kappa shape index (κ2) is 6.18. The van der Waals surface area contributed by atoms with Gasteiger partial charge in [-0.25, -0.2) is 0 Å². The van der Waals surface area contributed by atoms with Gasteiger partial charge in [-0.3, -0.25) is 0 Å². The van der Waals surface area contributed by atoms with Gasteiger partial charge in [0, 0.05) is 25.7 Å². The Morgan fingerprint density at radius 1 is 1.29 bits per heavy atom. The van der Waals surface area contributed by atoms with Crippen molar-refractivity contribution in [2.24, 2.45) is 0 Å². The number of rotatable bonds is 6. The summed E-state index contributed by atoms with van der Waals surface area (Å²) in [7, 11) is 0. The fourth-order valence-corrected chi connectivity index (χ4v) is 2.36. The molecule has 0 bridgehead atoms. The van der Waals surface area contributed by atoms with Crippen molar-refractivity contribution in [3.05, 3.63) is 34.9 Å². The number of hydrogen-bond donors (Lipinski definition) is 2. The molecule has 0 saturated heterocycles. The third-order valence-electron chi connectivity index (χ3n) is 3.55. The van der Waals surface area contributed by atoms with E-state index in [1.165, 1.54) is 36.0 Å². The van der Waals surface area contributed by atoms with Crippen LogP contribution in [0.2, 0.25) is 0 Å². The topological polar surface area (TPSA) is 24.1 Å². The van der Waals surface area contributed by atoms with Gasteiger partial charge in [0.1, 0.15) is 0 Å². The van der Waals surface area contributed by atoms with Crippen molar-refractivity contribution in [2.75, 3.05) is 0 Å². The maximum absolute atomic E-state index is 3.60. The van der Waals surface area contributed by atoms with Gasteiger partial charge in [0.2, 0.25) is 0 Å². The van der Waals surface area contributed by atoms with Gasteiger partial charge in [0.25, 0.3) is 0 Å². The summed E-state index contributed by atoms with van der Waals surface area (Å²) in [6.45, 7) is 7.60. The Morgan fingerprint density at radius 2 is 2.12 bits per heavy atom. The summed E-state index contributed by atoms with van der Waals surface area (Å²) >= 11 is 0. The third kappa shape index (κ3) is 3.55. The Morgan fingerprint density at radius 3 is 2.94 bits per heavy atom. The zero-order chi connectivity index (χ0) is 12.1. The van der Waals surface area contributed by atoms with E-state index in [2.05, 4.69) is 42.7 Å². The molecule has 17 heavy (non-hydrogen) atoms.